The lowest BCUT2D eigenvalue weighted by Crippen LogP contribution is -1.93. The zero-order chi connectivity index (χ0) is 9.80. The molecular formula is C10H8N2OS. The minimum Gasteiger partial charge on any atom is -0.329 e. The van der Waals surface area contributed by atoms with Gasteiger partial charge in [0, 0.05) is 22.8 Å². The summed E-state index contributed by atoms with van der Waals surface area (Å²) >= 11 is 1.58. The Labute approximate surface area is 85.4 Å². The average molecular weight is 204 g/mol. The summed E-state index contributed by atoms with van der Waals surface area (Å²) in [6.45, 7) is 0. The number of amides is 1. The molecule has 0 fully saturated rings. The summed E-state index contributed by atoms with van der Waals surface area (Å²) in [4.78, 5) is 14.4. The van der Waals surface area contributed by atoms with Gasteiger partial charge < -0.3 is 5.32 Å². The number of anilines is 1. The van der Waals surface area contributed by atoms with Gasteiger partial charge in [-0.3, -0.25) is 4.79 Å². The summed E-state index contributed by atoms with van der Waals surface area (Å²) in [5, 5.41) is 5.49. The van der Waals surface area contributed by atoms with Crippen LogP contribution in [0.1, 0.15) is 0 Å². The maximum atomic E-state index is 10.2. The van der Waals surface area contributed by atoms with Gasteiger partial charge in [-0.05, 0) is 12.1 Å². The minimum atomic E-state index is 0.668. The number of nitrogens with zero attached hydrogens (tertiary/aromatic N) is 1. The van der Waals surface area contributed by atoms with Crippen molar-refractivity contribution in [2.24, 2.45) is 0 Å². The zero-order valence-electron chi connectivity index (χ0n) is 7.31. The Morgan fingerprint density at radius 2 is 2.36 bits per heavy atom. The van der Waals surface area contributed by atoms with Crippen molar-refractivity contribution in [2.75, 3.05) is 5.32 Å². The van der Waals surface area contributed by atoms with Crippen molar-refractivity contribution in [3.8, 4) is 10.6 Å². The number of aromatic nitrogens is 1. The topological polar surface area (TPSA) is 42.0 Å². The third kappa shape index (κ3) is 1.80. The summed E-state index contributed by atoms with van der Waals surface area (Å²) < 4.78 is 0. The standard InChI is InChI=1S/C10H8N2OS/c13-7-12-9-3-1-2-8(6-9)10-11-4-5-14-10/h1-7H,(H,12,13). The number of nitrogens with one attached hydrogen (secondary N) is 1. The van der Waals surface area contributed by atoms with E-state index < -0.39 is 0 Å². The summed E-state index contributed by atoms with van der Waals surface area (Å²) in [6, 6.07) is 7.59. The molecule has 4 heteroatoms. The van der Waals surface area contributed by atoms with Gasteiger partial charge in [0.1, 0.15) is 5.01 Å². The Morgan fingerprint density at radius 1 is 1.43 bits per heavy atom. The van der Waals surface area contributed by atoms with E-state index >= 15 is 0 Å². The molecule has 3 nitrogen and oxygen atoms in total. The van der Waals surface area contributed by atoms with Gasteiger partial charge in [0.25, 0.3) is 0 Å². The molecule has 1 aromatic carbocycles. The molecule has 0 saturated carbocycles. The van der Waals surface area contributed by atoms with Crippen molar-refractivity contribution in [2.45, 2.75) is 0 Å². The highest BCUT2D eigenvalue weighted by atomic mass is 32.1. The van der Waals surface area contributed by atoms with E-state index in [9.17, 15) is 4.79 Å². The number of thiazole rings is 1. The fraction of sp³-hybridized carbons (Fsp3) is 0. The molecule has 1 amide bonds. The van der Waals surface area contributed by atoms with E-state index in [1.165, 1.54) is 0 Å². The number of carbonyl (C=O) groups is 1. The maximum absolute atomic E-state index is 10.2. The first kappa shape index (κ1) is 8.90. The SMILES string of the molecule is O=CNc1cccc(-c2nccs2)c1. The van der Waals surface area contributed by atoms with Crippen LogP contribution in [0.4, 0.5) is 5.69 Å². The van der Waals surface area contributed by atoms with Gasteiger partial charge in [0.05, 0.1) is 0 Å². The molecule has 2 aromatic rings. The maximum Gasteiger partial charge on any atom is 0.211 e. The second kappa shape index (κ2) is 4.02. The Morgan fingerprint density at radius 3 is 3.07 bits per heavy atom. The predicted molar refractivity (Wildman–Crippen MR) is 57.2 cm³/mol. The molecule has 1 heterocycles. The Kier molecular flexibility index (Phi) is 2.55. The van der Waals surface area contributed by atoms with Crippen molar-refractivity contribution >= 4 is 23.4 Å². The van der Waals surface area contributed by atoms with E-state index in [0.717, 1.165) is 16.3 Å². The molecule has 0 spiro atoms. The third-order valence-electron chi connectivity index (χ3n) is 1.77. The number of hydrogen-bond acceptors (Lipinski definition) is 3. The molecule has 0 bridgehead atoms. The number of rotatable bonds is 3. The van der Waals surface area contributed by atoms with E-state index in [1.54, 1.807) is 17.5 Å². The summed E-state index contributed by atoms with van der Waals surface area (Å²) in [5.41, 5.74) is 1.81. The molecule has 0 aliphatic heterocycles. The Bertz CT molecular complexity index is 425. The van der Waals surface area contributed by atoms with E-state index in [4.69, 9.17) is 0 Å². The van der Waals surface area contributed by atoms with Gasteiger partial charge in [0.2, 0.25) is 6.41 Å². The van der Waals surface area contributed by atoms with E-state index in [0.29, 0.717) is 6.41 Å². The van der Waals surface area contributed by atoms with Gasteiger partial charge in [0.15, 0.2) is 0 Å². The summed E-state index contributed by atoms with van der Waals surface area (Å²) in [5.74, 6) is 0. The lowest BCUT2D eigenvalue weighted by atomic mass is 10.2. The van der Waals surface area contributed by atoms with Gasteiger partial charge in [-0.2, -0.15) is 0 Å². The van der Waals surface area contributed by atoms with E-state index in [-0.39, 0.29) is 0 Å². The van der Waals surface area contributed by atoms with Gasteiger partial charge in [-0.1, -0.05) is 12.1 Å². The molecule has 14 heavy (non-hydrogen) atoms. The van der Waals surface area contributed by atoms with Gasteiger partial charge in [-0.15, -0.1) is 11.3 Å². The van der Waals surface area contributed by atoms with Crippen molar-refractivity contribution in [1.29, 1.82) is 0 Å². The fourth-order valence-electron chi connectivity index (χ4n) is 1.18. The Hall–Kier alpha value is -1.68. The second-order valence-corrected chi connectivity index (χ2v) is 3.57. The van der Waals surface area contributed by atoms with Crippen LogP contribution < -0.4 is 5.32 Å². The molecule has 1 N–H and O–H groups in total. The van der Waals surface area contributed by atoms with E-state index in [1.807, 2.05) is 29.6 Å². The number of carbonyl (C=O) groups excluding carboxylic acids is 1. The van der Waals surface area contributed by atoms with Gasteiger partial charge in [-0.25, -0.2) is 4.98 Å². The normalized spacial score (nSPS) is 9.71. The van der Waals surface area contributed by atoms with Crippen LogP contribution in [0.25, 0.3) is 10.6 Å². The van der Waals surface area contributed by atoms with Crippen molar-refractivity contribution in [3.63, 3.8) is 0 Å². The summed E-state index contributed by atoms with van der Waals surface area (Å²) in [7, 11) is 0. The molecule has 2 rings (SSSR count). The molecular weight excluding hydrogens is 196 g/mol. The average Bonchev–Trinajstić information content (AvgIpc) is 2.71. The first-order chi connectivity index (χ1) is 6.90. The third-order valence-corrected chi connectivity index (χ3v) is 2.59. The molecule has 0 radical (unpaired) electrons. The fourth-order valence-corrected chi connectivity index (χ4v) is 1.81. The van der Waals surface area contributed by atoms with Crippen LogP contribution in [-0.2, 0) is 4.79 Å². The number of hydrogen-bond donors (Lipinski definition) is 1. The van der Waals surface area contributed by atoms with Crippen LogP contribution >= 0.6 is 11.3 Å². The largest absolute Gasteiger partial charge is 0.329 e. The van der Waals surface area contributed by atoms with Crippen molar-refractivity contribution in [3.05, 3.63) is 35.8 Å². The van der Waals surface area contributed by atoms with E-state index in [2.05, 4.69) is 10.3 Å². The molecule has 0 aliphatic carbocycles. The quantitative estimate of drug-likeness (QED) is 0.780. The van der Waals surface area contributed by atoms with Crippen molar-refractivity contribution in [1.82, 2.24) is 4.98 Å². The molecule has 1 aromatic heterocycles. The highest BCUT2D eigenvalue weighted by molar-refractivity contribution is 7.13. The van der Waals surface area contributed by atoms with Gasteiger partial charge >= 0.3 is 0 Å². The van der Waals surface area contributed by atoms with Crippen LogP contribution in [-0.4, -0.2) is 11.4 Å². The molecule has 0 unspecified atom stereocenters. The minimum absolute atomic E-state index is 0.668. The van der Waals surface area contributed by atoms with Crippen LogP contribution in [0.15, 0.2) is 35.8 Å². The number of benzene rings is 1. The molecule has 0 atom stereocenters. The van der Waals surface area contributed by atoms with Crippen LogP contribution in [0.2, 0.25) is 0 Å². The monoisotopic (exact) mass is 204 g/mol. The highest BCUT2D eigenvalue weighted by Gasteiger charge is 2.00. The predicted octanol–water partition coefficient (Wildman–Crippen LogP) is 2.38. The smallest absolute Gasteiger partial charge is 0.211 e. The van der Waals surface area contributed by atoms with Crippen molar-refractivity contribution < 1.29 is 4.79 Å². The lowest BCUT2D eigenvalue weighted by molar-refractivity contribution is -0.105. The lowest BCUT2D eigenvalue weighted by Gasteiger charge is -2.00. The zero-order valence-corrected chi connectivity index (χ0v) is 8.12. The molecule has 70 valence electrons. The molecule has 0 aliphatic rings. The molecule has 0 saturated heterocycles. The highest BCUT2D eigenvalue weighted by Crippen LogP contribution is 2.23. The van der Waals surface area contributed by atoms with Crippen LogP contribution in [0.3, 0.4) is 0 Å². The first-order valence-corrected chi connectivity index (χ1v) is 4.98. The Balaban J connectivity index is 2.35. The van der Waals surface area contributed by atoms with Crippen LogP contribution in [0, 0.1) is 0 Å². The first-order valence-electron chi connectivity index (χ1n) is 4.10. The van der Waals surface area contributed by atoms with Crippen LogP contribution in [0.5, 0.6) is 0 Å². The summed E-state index contributed by atoms with van der Waals surface area (Å²) in [6.07, 6.45) is 2.43. The second-order valence-electron chi connectivity index (χ2n) is 2.68.